The number of urea groups is 1. The van der Waals surface area contributed by atoms with Crippen molar-refractivity contribution in [1.29, 1.82) is 0 Å². The number of hydrogen-bond acceptors (Lipinski definition) is 2. The molecular weight excluding hydrogens is 393 g/mol. The molecule has 3 amide bonds. The van der Waals surface area contributed by atoms with Gasteiger partial charge in [0.15, 0.2) is 0 Å². The zero-order chi connectivity index (χ0) is 21.8. The van der Waals surface area contributed by atoms with E-state index >= 15 is 0 Å². The van der Waals surface area contributed by atoms with E-state index in [0.717, 1.165) is 5.56 Å². The van der Waals surface area contributed by atoms with E-state index in [0.29, 0.717) is 23.4 Å². The zero-order valence-corrected chi connectivity index (χ0v) is 17.1. The van der Waals surface area contributed by atoms with E-state index in [1.807, 2.05) is 49.4 Å². The molecule has 3 atom stereocenters. The Morgan fingerprint density at radius 3 is 2.16 bits per heavy atom. The van der Waals surface area contributed by atoms with E-state index in [1.165, 1.54) is 6.07 Å². The van der Waals surface area contributed by atoms with Crippen LogP contribution in [0.2, 0.25) is 0 Å². The number of hydrogen-bond donors (Lipinski definition) is 3. The average molecular weight is 417 g/mol. The van der Waals surface area contributed by atoms with Crippen molar-refractivity contribution in [3.05, 3.63) is 95.8 Å². The Morgan fingerprint density at radius 2 is 1.48 bits per heavy atom. The van der Waals surface area contributed by atoms with Gasteiger partial charge in [0, 0.05) is 17.3 Å². The fraction of sp³-hybridized carbons (Fsp3) is 0.200. The average Bonchev–Trinajstić information content (AvgIpc) is 3.56. The van der Waals surface area contributed by atoms with Crippen LogP contribution in [0.4, 0.5) is 20.6 Å². The maximum absolute atomic E-state index is 13.9. The molecule has 1 saturated carbocycles. The maximum Gasteiger partial charge on any atom is 0.323 e. The second kappa shape index (κ2) is 9.00. The number of benzene rings is 3. The lowest BCUT2D eigenvalue weighted by atomic mass is 10.1. The molecular formula is C25H24FN3O2. The number of amides is 3. The standard InChI is InChI=1S/C25H24FN3O2/c1-16(27-24(30)22-15-21(22)20-9-5-6-10-23(20)26)17-11-13-19(14-12-17)29-25(31)28-18-7-3-2-4-8-18/h2-14,16,21-22H,15H2,1H3,(H,27,30)(H2,28,29,31). The van der Waals surface area contributed by atoms with Crippen molar-refractivity contribution in [2.45, 2.75) is 25.3 Å². The summed E-state index contributed by atoms with van der Waals surface area (Å²) >= 11 is 0. The number of halogens is 1. The van der Waals surface area contributed by atoms with Gasteiger partial charge in [0.25, 0.3) is 0 Å². The Morgan fingerprint density at radius 1 is 0.871 bits per heavy atom. The Labute approximate surface area is 180 Å². The van der Waals surface area contributed by atoms with Crippen LogP contribution in [0.15, 0.2) is 78.9 Å². The molecule has 158 valence electrons. The van der Waals surface area contributed by atoms with E-state index in [-0.39, 0.29) is 35.6 Å². The molecule has 5 nitrogen and oxygen atoms in total. The van der Waals surface area contributed by atoms with Crippen LogP contribution < -0.4 is 16.0 Å². The van der Waals surface area contributed by atoms with Crippen LogP contribution in [-0.2, 0) is 4.79 Å². The predicted molar refractivity (Wildman–Crippen MR) is 119 cm³/mol. The first-order valence-corrected chi connectivity index (χ1v) is 10.3. The molecule has 1 aliphatic rings. The third kappa shape index (κ3) is 5.09. The van der Waals surface area contributed by atoms with Crippen molar-refractivity contribution in [3.8, 4) is 0 Å². The summed E-state index contributed by atoms with van der Waals surface area (Å²) in [6, 6.07) is 22.6. The molecule has 0 heterocycles. The summed E-state index contributed by atoms with van der Waals surface area (Å²) in [7, 11) is 0. The topological polar surface area (TPSA) is 70.2 Å². The fourth-order valence-corrected chi connectivity index (χ4v) is 3.68. The smallest absolute Gasteiger partial charge is 0.323 e. The number of carbonyl (C=O) groups is 2. The quantitative estimate of drug-likeness (QED) is 0.499. The molecule has 0 saturated heterocycles. The third-order valence-corrected chi connectivity index (χ3v) is 5.49. The first-order valence-electron chi connectivity index (χ1n) is 10.3. The monoisotopic (exact) mass is 417 g/mol. The molecule has 3 N–H and O–H groups in total. The Kier molecular flexibility index (Phi) is 5.98. The van der Waals surface area contributed by atoms with Crippen molar-refractivity contribution in [3.63, 3.8) is 0 Å². The molecule has 1 fully saturated rings. The number of anilines is 2. The third-order valence-electron chi connectivity index (χ3n) is 5.49. The lowest BCUT2D eigenvalue weighted by Gasteiger charge is -2.15. The second-order valence-electron chi connectivity index (χ2n) is 7.77. The fourth-order valence-electron chi connectivity index (χ4n) is 3.68. The summed E-state index contributed by atoms with van der Waals surface area (Å²) < 4.78 is 13.9. The highest BCUT2D eigenvalue weighted by molar-refractivity contribution is 5.99. The SMILES string of the molecule is CC(NC(=O)C1CC1c1ccccc1F)c1ccc(NC(=O)Nc2ccccc2)cc1. The van der Waals surface area contributed by atoms with Crippen molar-refractivity contribution in [2.24, 2.45) is 5.92 Å². The normalized spacial score (nSPS) is 18.0. The van der Waals surface area contributed by atoms with Crippen LogP contribution >= 0.6 is 0 Å². The van der Waals surface area contributed by atoms with E-state index in [4.69, 9.17) is 0 Å². The minimum Gasteiger partial charge on any atom is -0.349 e. The summed E-state index contributed by atoms with van der Waals surface area (Å²) in [5.41, 5.74) is 2.89. The largest absolute Gasteiger partial charge is 0.349 e. The van der Waals surface area contributed by atoms with Crippen LogP contribution in [0.3, 0.4) is 0 Å². The summed E-state index contributed by atoms with van der Waals surface area (Å²) in [6.45, 7) is 1.91. The van der Waals surface area contributed by atoms with Crippen LogP contribution in [0.1, 0.15) is 36.4 Å². The minimum absolute atomic E-state index is 0.0527. The zero-order valence-electron chi connectivity index (χ0n) is 17.1. The molecule has 6 heteroatoms. The van der Waals surface area contributed by atoms with Gasteiger partial charge in [-0.3, -0.25) is 4.79 Å². The van der Waals surface area contributed by atoms with Gasteiger partial charge in [0.05, 0.1) is 6.04 Å². The summed E-state index contributed by atoms with van der Waals surface area (Å²) in [6.07, 6.45) is 0.666. The molecule has 31 heavy (non-hydrogen) atoms. The van der Waals surface area contributed by atoms with E-state index in [9.17, 15) is 14.0 Å². The lowest BCUT2D eigenvalue weighted by molar-refractivity contribution is -0.123. The highest BCUT2D eigenvalue weighted by atomic mass is 19.1. The molecule has 3 aromatic carbocycles. The summed E-state index contributed by atoms with van der Waals surface area (Å²) in [5, 5.41) is 8.55. The first-order chi connectivity index (χ1) is 15.0. The molecule has 4 rings (SSSR count). The van der Waals surface area contributed by atoms with Gasteiger partial charge in [-0.05, 0) is 60.7 Å². The number of para-hydroxylation sites is 1. The van der Waals surface area contributed by atoms with Crippen molar-refractivity contribution < 1.29 is 14.0 Å². The van der Waals surface area contributed by atoms with E-state index in [2.05, 4.69) is 16.0 Å². The van der Waals surface area contributed by atoms with Gasteiger partial charge < -0.3 is 16.0 Å². The minimum atomic E-state index is -0.326. The molecule has 3 unspecified atom stereocenters. The van der Waals surface area contributed by atoms with Gasteiger partial charge >= 0.3 is 6.03 Å². The molecule has 0 radical (unpaired) electrons. The molecule has 0 aliphatic heterocycles. The number of nitrogens with one attached hydrogen (secondary N) is 3. The number of rotatable bonds is 6. The van der Waals surface area contributed by atoms with E-state index in [1.54, 1.807) is 30.3 Å². The number of carbonyl (C=O) groups excluding carboxylic acids is 2. The molecule has 0 bridgehead atoms. The van der Waals surface area contributed by atoms with Gasteiger partial charge in [-0.2, -0.15) is 0 Å². The highest BCUT2D eigenvalue weighted by Gasteiger charge is 2.45. The first kappa shape index (κ1) is 20.6. The van der Waals surface area contributed by atoms with Crippen molar-refractivity contribution in [1.82, 2.24) is 5.32 Å². The van der Waals surface area contributed by atoms with Crippen molar-refractivity contribution >= 4 is 23.3 Å². The molecule has 0 aromatic heterocycles. The van der Waals surface area contributed by atoms with Gasteiger partial charge in [0.1, 0.15) is 5.82 Å². The van der Waals surface area contributed by atoms with Crippen LogP contribution in [0.25, 0.3) is 0 Å². The van der Waals surface area contributed by atoms with Crippen LogP contribution in [0, 0.1) is 11.7 Å². The van der Waals surface area contributed by atoms with Gasteiger partial charge in [-0.25, -0.2) is 9.18 Å². The van der Waals surface area contributed by atoms with Gasteiger partial charge in [-0.15, -0.1) is 0 Å². The second-order valence-corrected chi connectivity index (χ2v) is 7.77. The Balaban J connectivity index is 1.29. The Hall–Kier alpha value is -3.67. The molecule has 0 spiro atoms. The Bertz CT molecular complexity index is 1070. The maximum atomic E-state index is 13.9. The van der Waals surface area contributed by atoms with Gasteiger partial charge in [0.2, 0.25) is 5.91 Å². The highest BCUT2D eigenvalue weighted by Crippen LogP contribution is 2.48. The van der Waals surface area contributed by atoms with Crippen LogP contribution in [0.5, 0.6) is 0 Å². The predicted octanol–water partition coefficient (Wildman–Crippen LogP) is 5.45. The summed E-state index contributed by atoms with van der Waals surface area (Å²) in [4.78, 5) is 24.7. The molecule has 1 aliphatic carbocycles. The molecule has 3 aromatic rings. The van der Waals surface area contributed by atoms with Gasteiger partial charge in [-0.1, -0.05) is 48.5 Å². The lowest BCUT2D eigenvalue weighted by Crippen LogP contribution is -2.28. The summed E-state index contributed by atoms with van der Waals surface area (Å²) in [5.74, 6) is -0.564. The van der Waals surface area contributed by atoms with Crippen molar-refractivity contribution in [2.75, 3.05) is 10.6 Å². The van der Waals surface area contributed by atoms with E-state index < -0.39 is 0 Å². The van der Waals surface area contributed by atoms with Crippen LogP contribution in [-0.4, -0.2) is 11.9 Å².